The Kier molecular flexibility index (Phi) is 5.54. The molecule has 0 radical (unpaired) electrons. The van der Waals surface area contributed by atoms with Crippen molar-refractivity contribution in [2.45, 2.75) is 0 Å². The first-order chi connectivity index (χ1) is 11.0. The van der Waals surface area contributed by atoms with Crippen LogP contribution in [0.25, 0.3) is 0 Å². The van der Waals surface area contributed by atoms with Crippen molar-refractivity contribution in [3.05, 3.63) is 53.2 Å². The van der Waals surface area contributed by atoms with Gasteiger partial charge < -0.3 is 15.0 Å². The summed E-state index contributed by atoms with van der Waals surface area (Å²) in [5.41, 5.74) is 0.880. The molecule has 0 aliphatic heterocycles. The zero-order valence-corrected chi connectivity index (χ0v) is 13.5. The SMILES string of the molecule is COc1ccc(C(=O)N(C)CC(=O)Nc2ccccc2Cl)cn1. The Morgan fingerprint density at radius 3 is 2.61 bits per heavy atom. The van der Waals surface area contributed by atoms with Crippen LogP contribution in [0.1, 0.15) is 10.4 Å². The molecule has 2 amide bonds. The predicted molar refractivity (Wildman–Crippen MR) is 87.8 cm³/mol. The molecule has 1 heterocycles. The average molecular weight is 334 g/mol. The summed E-state index contributed by atoms with van der Waals surface area (Å²) < 4.78 is 4.94. The third-order valence-corrected chi connectivity index (χ3v) is 3.40. The van der Waals surface area contributed by atoms with Gasteiger partial charge in [0.05, 0.1) is 29.9 Å². The van der Waals surface area contributed by atoms with Crippen molar-refractivity contribution in [1.82, 2.24) is 9.88 Å². The molecule has 0 aliphatic carbocycles. The van der Waals surface area contributed by atoms with E-state index < -0.39 is 0 Å². The highest BCUT2D eigenvalue weighted by atomic mass is 35.5. The number of likely N-dealkylation sites (N-methyl/N-ethyl adjacent to an activating group) is 1. The molecule has 0 atom stereocenters. The molecule has 0 fully saturated rings. The quantitative estimate of drug-likeness (QED) is 0.912. The molecule has 0 saturated heterocycles. The first kappa shape index (κ1) is 16.8. The van der Waals surface area contributed by atoms with E-state index in [4.69, 9.17) is 16.3 Å². The van der Waals surface area contributed by atoms with Crippen LogP contribution in [0.5, 0.6) is 5.88 Å². The zero-order valence-electron chi connectivity index (χ0n) is 12.7. The average Bonchev–Trinajstić information content (AvgIpc) is 2.56. The molecule has 2 aromatic rings. The zero-order chi connectivity index (χ0) is 16.8. The second-order valence-corrected chi connectivity index (χ2v) is 5.19. The van der Waals surface area contributed by atoms with Gasteiger partial charge in [-0.3, -0.25) is 9.59 Å². The predicted octanol–water partition coefficient (Wildman–Crippen LogP) is 2.45. The monoisotopic (exact) mass is 333 g/mol. The van der Waals surface area contributed by atoms with Crippen LogP contribution in [-0.2, 0) is 4.79 Å². The Morgan fingerprint density at radius 1 is 1.26 bits per heavy atom. The van der Waals surface area contributed by atoms with Gasteiger partial charge in [-0.1, -0.05) is 23.7 Å². The smallest absolute Gasteiger partial charge is 0.255 e. The normalized spacial score (nSPS) is 10.0. The van der Waals surface area contributed by atoms with Gasteiger partial charge in [0.2, 0.25) is 11.8 Å². The molecular weight excluding hydrogens is 318 g/mol. The van der Waals surface area contributed by atoms with Gasteiger partial charge in [0, 0.05) is 19.3 Å². The molecule has 0 bridgehead atoms. The number of nitrogens with zero attached hydrogens (tertiary/aromatic N) is 2. The van der Waals surface area contributed by atoms with Crippen molar-refractivity contribution in [1.29, 1.82) is 0 Å². The van der Waals surface area contributed by atoms with Crippen LogP contribution in [0, 0.1) is 0 Å². The van der Waals surface area contributed by atoms with E-state index in [2.05, 4.69) is 10.3 Å². The third-order valence-electron chi connectivity index (χ3n) is 3.07. The van der Waals surface area contributed by atoms with Crippen molar-refractivity contribution < 1.29 is 14.3 Å². The maximum absolute atomic E-state index is 12.2. The maximum atomic E-state index is 12.2. The standard InChI is InChI=1S/C16H16ClN3O3/c1-20(16(22)11-7-8-15(23-2)18-9-11)10-14(21)19-13-6-4-3-5-12(13)17/h3-9H,10H2,1-2H3,(H,19,21). The minimum atomic E-state index is -0.338. The molecule has 0 aliphatic rings. The number of anilines is 1. The van der Waals surface area contributed by atoms with Gasteiger partial charge >= 0.3 is 0 Å². The summed E-state index contributed by atoms with van der Waals surface area (Å²) in [6, 6.07) is 10.1. The molecule has 1 aromatic carbocycles. The molecule has 0 unspecified atom stereocenters. The van der Waals surface area contributed by atoms with Crippen LogP contribution < -0.4 is 10.1 Å². The van der Waals surface area contributed by atoms with E-state index in [1.54, 1.807) is 43.4 Å². The number of amides is 2. The second kappa shape index (κ2) is 7.60. The lowest BCUT2D eigenvalue weighted by Crippen LogP contribution is -2.35. The van der Waals surface area contributed by atoms with E-state index in [9.17, 15) is 9.59 Å². The van der Waals surface area contributed by atoms with E-state index in [0.29, 0.717) is 22.2 Å². The number of aromatic nitrogens is 1. The van der Waals surface area contributed by atoms with Crippen molar-refractivity contribution in [2.75, 3.05) is 26.0 Å². The van der Waals surface area contributed by atoms with Crippen LogP contribution in [0.2, 0.25) is 5.02 Å². The number of benzene rings is 1. The van der Waals surface area contributed by atoms with Crippen LogP contribution >= 0.6 is 11.6 Å². The Morgan fingerprint density at radius 2 is 2.00 bits per heavy atom. The lowest BCUT2D eigenvalue weighted by Gasteiger charge is -2.17. The molecule has 2 rings (SSSR count). The first-order valence-corrected chi connectivity index (χ1v) is 7.19. The van der Waals surface area contributed by atoms with Gasteiger partial charge in [-0.15, -0.1) is 0 Å². The molecule has 1 aromatic heterocycles. The number of methoxy groups -OCH3 is 1. The Hall–Kier alpha value is -2.60. The summed E-state index contributed by atoms with van der Waals surface area (Å²) in [4.78, 5) is 29.5. The van der Waals surface area contributed by atoms with E-state index >= 15 is 0 Å². The second-order valence-electron chi connectivity index (χ2n) is 4.78. The molecule has 7 heteroatoms. The number of nitrogens with one attached hydrogen (secondary N) is 1. The number of hydrogen-bond acceptors (Lipinski definition) is 4. The fourth-order valence-electron chi connectivity index (χ4n) is 1.89. The van der Waals surface area contributed by atoms with E-state index in [1.165, 1.54) is 18.2 Å². The van der Waals surface area contributed by atoms with Gasteiger partial charge in [0.1, 0.15) is 0 Å². The van der Waals surface area contributed by atoms with E-state index in [-0.39, 0.29) is 18.4 Å². The summed E-state index contributed by atoms with van der Waals surface area (Å²) >= 11 is 5.98. The van der Waals surface area contributed by atoms with E-state index in [1.807, 2.05) is 0 Å². The Balaban J connectivity index is 1.97. The number of halogens is 1. The molecule has 23 heavy (non-hydrogen) atoms. The van der Waals surface area contributed by atoms with Gasteiger partial charge in [0.25, 0.3) is 5.91 Å². The van der Waals surface area contributed by atoms with Crippen LogP contribution in [-0.4, -0.2) is 42.4 Å². The van der Waals surface area contributed by atoms with Crippen molar-refractivity contribution in [3.63, 3.8) is 0 Å². The van der Waals surface area contributed by atoms with Gasteiger partial charge in [0.15, 0.2) is 0 Å². The third kappa shape index (κ3) is 4.43. The highest BCUT2D eigenvalue weighted by Crippen LogP contribution is 2.20. The summed E-state index contributed by atoms with van der Waals surface area (Å²) in [6.45, 7) is -0.101. The van der Waals surface area contributed by atoms with Gasteiger partial charge in [-0.2, -0.15) is 0 Å². The minimum Gasteiger partial charge on any atom is -0.481 e. The Bertz CT molecular complexity index is 704. The first-order valence-electron chi connectivity index (χ1n) is 6.81. The molecule has 0 saturated carbocycles. The van der Waals surface area contributed by atoms with Crippen molar-refractivity contribution >= 4 is 29.1 Å². The van der Waals surface area contributed by atoms with Gasteiger partial charge in [-0.25, -0.2) is 4.98 Å². The van der Waals surface area contributed by atoms with Crippen LogP contribution in [0.15, 0.2) is 42.6 Å². The summed E-state index contributed by atoms with van der Waals surface area (Å²) in [5.74, 6) is -0.231. The van der Waals surface area contributed by atoms with Crippen LogP contribution in [0.4, 0.5) is 5.69 Å². The fourth-order valence-corrected chi connectivity index (χ4v) is 2.07. The Labute approximate surface area is 139 Å². The number of ether oxygens (including phenoxy) is 1. The highest BCUT2D eigenvalue weighted by Gasteiger charge is 2.16. The van der Waals surface area contributed by atoms with Crippen molar-refractivity contribution in [3.8, 4) is 5.88 Å². The number of para-hydroxylation sites is 1. The highest BCUT2D eigenvalue weighted by molar-refractivity contribution is 6.33. The molecule has 0 spiro atoms. The summed E-state index contributed by atoms with van der Waals surface area (Å²) in [7, 11) is 3.04. The number of carbonyl (C=O) groups is 2. The molecule has 1 N–H and O–H groups in total. The fraction of sp³-hybridized carbons (Fsp3) is 0.188. The molecule has 120 valence electrons. The largest absolute Gasteiger partial charge is 0.481 e. The lowest BCUT2D eigenvalue weighted by atomic mass is 10.2. The van der Waals surface area contributed by atoms with Crippen molar-refractivity contribution in [2.24, 2.45) is 0 Å². The number of hydrogen-bond donors (Lipinski definition) is 1. The minimum absolute atomic E-state index is 0.101. The maximum Gasteiger partial charge on any atom is 0.255 e. The van der Waals surface area contributed by atoms with E-state index in [0.717, 1.165) is 0 Å². The number of pyridine rings is 1. The lowest BCUT2D eigenvalue weighted by molar-refractivity contribution is -0.116. The summed E-state index contributed by atoms with van der Waals surface area (Å²) in [6.07, 6.45) is 1.41. The van der Waals surface area contributed by atoms with Crippen LogP contribution in [0.3, 0.4) is 0 Å². The summed E-state index contributed by atoms with van der Waals surface area (Å²) in [5, 5.41) is 3.10. The molecular formula is C16H16ClN3O3. The van der Waals surface area contributed by atoms with Gasteiger partial charge in [-0.05, 0) is 18.2 Å². The topological polar surface area (TPSA) is 71.5 Å². The molecule has 6 nitrogen and oxygen atoms in total. The number of carbonyl (C=O) groups excluding carboxylic acids is 2. The number of rotatable bonds is 5.